The number of aromatic nitrogens is 6. The van der Waals surface area contributed by atoms with Crippen LogP contribution in [0.5, 0.6) is 0 Å². The number of hydrogen-bond acceptors (Lipinski definition) is 4. The molecule has 0 amide bonds. The summed E-state index contributed by atoms with van der Waals surface area (Å²) in [6.45, 7) is 0. The first kappa shape index (κ1) is 50.2. The molecule has 402 valence electrons. The number of nitrogens with zero attached hydrogens (tertiary/aromatic N) is 6. The van der Waals surface area contributed by atoms with Gasteiger partial charge < -0.3 is 9.13 Å². The van der Waals surface area contributed by atoms with Gasteiger partial charge >= 0.3 is 0 Å². The van der Waals surface area contributed by atoms with Gasteiger partial charge in [0.2, 0.25) is 0 Å². The van der Waals surface area contributed by atoms with Gasteiger partial charge in [0.05, 0.1) is 44.8 Å². The minimum absolute atomic E-state index is 0.670. The first-order valence-electron chi connectivity index (χ1n) is 29.1. The zero-order valence-electron chi connectivity index (χ0n) is 46.7. The van der Waals surface area contributed by atoms with E-state index in [2.05, 4.69) is 300 Å². The van der Waals surface area contributed by atoms with Gasteiger partial charge in [0.15, 0.2) is 11.6 Å². The summed E-state index contributed by atoms with van der Waals surface area (Å²) in [5, 5.41) is 4.74. The van der Waals surface area contributed by atoms with E-state index in [1.54, 1.807) is 0 Å². The largest absolute Gasteiger partial charge is 0.309 e. The Balaban J connectivity index is 0.800. The average molecular weight is 1100 g/mol. The van der Waals surface area contributed by atoms with Gasteiger partial charge in [-0.1, -0.05) is 255 Å². The quantitative estimate of drug-likeness (QED) is 0.129. The van der Waals surface area contributed by atoms with Crippen LogP contribution in [0.15, 0.2) is 315 Å². The Morgan fingerprint density at radius 1 is 0.198 bits per heavy atom. The second-order valence-corrected chi connectivity index (χ2v) is 21.8. The third kappa shape index (κ3) is 9.01. The molecule has 0 aliphatic rings. The van der Waals surface area contributed by atoms with Crippen molar-refractivity contribution in [2.45, 2.75) is 0 Å². The van der Waals surface area contributed by atoms with Crippen molar-refractivity contribution >= 4 is 43.6 Å². The zero-order chi connectivity index (χ0) is 56.9. The van der Waals surface area contributed by atoms with Crippen LogP contribution in [0.3, 0.4) is 0 Å². The fourth-order valence-corrected chi connectivity index (χ4v) is 12.5. The summed E-state index contributed by atoms with van der Waals surface area (Å²) in [7, 11) is 0. The van der Waals surface area contributed by atoms with E-state index in [0.717, 1.165) is 123 Å². The minimum Gasteiger partial charge on any atom is -0.309 e. The number of para-hydroxylation sites is 4. The highest BCUT2D eigenvalue weighted by molar-refractivity contribution is 6.15. The molecule has 0 atom stereocenters. The van der Waals surface area contributed by atoms with Crippen molar-refractivity contribution in [1.82, 2.24) is 29.1 Å². The van der Waals surface area contributed by atoms with Crippen LogP contribution in [0, 0.1) is 0 Å². The second-order valence-electron chi connectivity index (χ2n) is 21.8. The molecule has 0 spiro atoms. The lowest BCUT2D eigenvalue weighted by Gasteiger charge is -2.15. The summed E-state index contributed by atoms with van der Waals surface area (Å²) in [5.74, 6) is 1.34. The Labute approximate surface area is 498 Å². The monoisotopic (exact) mass is 1100 g/mol. The normalized spacial score (nSPS) is 11.5. The van der Waals surface area contributed by atoms with E-state index >= 15 is 0 Å². The highest BCUT2D eigenvalue weighted by Crippen LogP contribution is 2.43. The molecule has 6 nitrogen and oxygen atoms in total. The maximum absolute atomic E-state index is 5.23. The Morgan fingerprint density at radius 2 is 0.488 bits per heavy atom. The Hall–Kier alpha value is -11.6. The Bertz CT molecular complexity index is 4780. The fraction of sp³-hybridized carbons (Fsp3) is 0. The molecule has 16 rings (SSSR count). The topological polar surface area (TPSA) is 61.4 Å². The summed E-state index contributed by atoms with van der Waals surface area (Å²) in [6.07, 6.45) is 0. The molecule has 12 aromatic carbocycles. The van der Waals surface area contributed by atoms with Crippen molar-refractivity contribution in [3.63, 3.8) is 0 Å². The molecular weight excluding hydrogens is 1040 g/mol. The van der Waals surface area contributed by atoms with Crippen LogP contribution in [0.2, 0.25) is 0 Å². The molecule has 86 heavy (non-hydrogen) atoms. The molecule has 16 aromatic rings. The minimum atomic E-state index is 0.670. The van der Waals surface area contributed by atoms with E-state index in [1.165, 1.54) is 21.5 Å². The predicted molar refractivity (Wildman–Crippen MR) is 355 cm³/mol. The Morgan fingerprint density at radius 3 is 0.872 bits per heavy atom. The number of benzene rings is 12. The van der Waals surface area contributed by atoms with Crippen LogP contribution in [0.1, 0.15) is 0 Å². The van der Waals surface area contributed by atoms with Gasteiger partial charge in [0, 0.05) is 77.4 Å². The first-order valence-corrected chi connectivity index (χ1v) is 29.1. The van der Waals surface area contributed by atoms with Crippen LogP contribution < -0.4 is 0 Å². The smallest absolute Gasteiger partial charge is 0.160 e. The Kier molecular flexibility index (Phi) is 12.4. The van der Waals surface area contributed by atoms with Crippen molar-refractivity contribution in [2.75, 3.05) is 0 Å². The van der Waals surface area contributed by atoms with Crippen LogP contribution in [0.4, 0.5) is 0 Å². The van der Waals surface area contributed by atoms with E-state index in [0.29, 0.717) is 11.6 Å². The molecule has 0 unspecified atom stereocenters. The van der Waals surface area contributed by atoms with E-state index in [4.69, 9.17) is 19.9 Å². The molecule has 0 fully saturated rings. The van der Waals surface area contributed by atoms with Gasteiger partial charge in [-0.05, 0) is 82.9 Å². The van der Waals surface area contributed by atoms with Crippen LogP contribution in [-0.2, 0) is 0 Å². The van der Waals surface area contributed by atoms with Crippen molar-refractivity contribution in [1.29, 1.82) is 0 Å². The zero-order valence-corrected chi connectivity index (χ0v) is 46.7. The van der Waals surface area contributed by atoms with Crippen molar-refractivity contribution in [2.24, 2.45) is 0 Å². The standard InChI is InChI=1S/C80H52N6/c1-5-23-53(24-6-1)71-51-72(54-25-7-2-8-26-54)82-79(81-71)61-35-19-37-63(49-61)85-75-45-15-13-39-67(75)69-43-21-41-65(77(69)85)59-33-17-31-57(47-59)58-32-18-34-60(48-58)66-42-22-44-70-68-40-14-16-46-76(68)86(78(66)70)64-38-20-36-62(50-64)80-83-73(55-27-9-3-10-28-55)52-74(84-80)56-29-11-4-12-30-56/h1-52H. The van der Waals surface area contributed by atoms with Crippen LogP contribution >= 0.6 is 0 Å². The molecule has 0 N–H and O–H groups in total. The summed E-state index contributed by atoms with van der Waals surface area (Å²) in [4.78, 5) is 20.9. The van der Waals surface area contributed by atoms with Crippen molar-refractivity contribution < 1.29 is 0 Å². The lowest BCUT2D eigenvalue weighted by molar-refractivity contribution is 1.16. The summed E-state index contributed by atoms with van der Waals surface area (Å²) >= 11 is 0. The maximum atomic E-state index is 5.23. The van der Waals surface area contributed by atoms with E-state index in [1.807, 2.05) is 24.3 Å². The van der Waals surface area contributed by atoms with Gasteiger partial charge in [0.1, 0.15) is 0 Å². The van der Waals surface area contributed by atoms with E-state index in [-0.39, 0.29) is 0 Å². The number of rotatable bonds is 11. The molecular formula is C80H52N6. The lowest BCUT2D eigenvalue weighted by Crippen LogP contribution is -1.99. The molecule has 0 bridgehead atoms. The molecule has 4 heterocycles. The van der Waals surface area contributed by atoms with Crippen molar-refractivity contribution in [3.05, 3.63) is 315 Å². The van der Waals surface area contributed by atoms with E-state index < -0.39 is 0 Å². The summed E-state index contributed by atoms with van der Waals surface area (Å²) in [5.41, 5.74) is 22.9. The molecule has 6 heteroatoms. The summed E-state index contributed by atoms with van der Waals surface area (Å²) < 4.78 is 4.84. The van der Waals surface area contributed by atoms with Gasteiger partial charge in [-0.15, -0.1) is 0 Å². The molecule has 0 radical (unpaired) electrons. The molecule has 4 aromatic heterocycles. The van der Waals surface area contributed by atoms with Crippen LogP contribution in [0.25, 0.3) is 156 Å². The molecule has 0 saturated carbocycles. The molecule has 0 aliphatic heterocycles. The average Bonchev–Trinajstić information content (AvgIpc) is 2.40. The molecule has 0 saturated heterocycles. The second kappa shape index (κ2) is 21.3. The van der Waals surface area contributed by atoms with E-state index in [9.17, 15) is 0 Å². The first-order chi connectivity index (χ1) is 42.6. The predicted octanol–water partition coefficient (Wildman–Crippen LogP) is 20.5. The maximum Gasteiger partial charge on any atom is 0.160 e. The van der Waals surface area contributed by atoms with Gasteiger partial charge in [-0.3, -0.25) is 0 Å². The lowest BCUT2D eigenvalue weighted by atomic mass is 9.94. The number of fused-ring (bicyclic) bond motifs is 6. The summed E-state index contributed by atoms with van der Waals surface area (Å²) in [6, 6.07) is 112. The molecule has 0 aliphatic carbocycles. The van der Waals surface area contributed by atoms with Crippen molar-refractivity contribution in [3.8, 4) is 113 Å². The third-order valence-electron chi connectivity index (χ3n) is 16.5. The van der Waals surface area contributed by atoms with Gasteiger partial charge in [-0.2, -0.15) is 0 Å². The third-order valence-corrected chi connectivity index (χ3v) is 16.5. The van der Waals surface area contributed by atoms with Crippen LogP contribution in [-0.4, -0.2) is 29.1 Å². The highest BCUT2D eigenvalue weighted by atomic mass is 15.0. The van der Waals surface area contributed by atoms with Gasteiger partial charge in [-0.25, -0.2) is 19.9 Å². The SMILES string of the molecule is c1ccc(-c2cc(-c3ccccc3)nc(-c3cccc(-n4c5ccccc5c5cccc(-c6cccc(-c7cccc(-c8cccc9c%10ccccc%10n(-c%10cccc(-c%11nc(-c%12ccccc%12)cc(-c%12ccccc%12)n%11)c%10)c89)c7)c6)c54)c3)n2)cc1. The fourth-order valence-electron chi connectivity index (χ4n) is 12.5. The number of hydrogen-bond donors (Lipinski definition) is 0. The van der Waals surface area contributed by atoms with Gasteiger partial charge in [0.25, 0.3) is 0 Å². The highest BCUT2D eigenvalue weighted by Gasteiger charge is 2.21.